The van der Waals surface area contributed by atoms with Crippen LogP contribution < -0.4 is 0 Å². The van der Waals surface area contributed by atoms with E-state index in [-0.39, 0.29) is 5.41 Å². The average molecular weight is 350 g/mol. The third-order valence-corrected chi connectivity index (χ3v) is 4.46. The lowest BCUT2D eigenvalue weighted by molar-refractivity contribution is 0.561. The molecule has 4 aromatic rings. The van der Waals surface area contributed by atoms with Gasteiger partial charge in [0.15, 0.2) is 11.3 Å². The molecule has 0 fully saturated rings. The van der Waals surface area contributed by atoms with Crippen LogP contribution in [0.4, 0.5) is 11.6 Å². The van der Waals surface area contributed by atoms with E-state index < -0.39 is 0 Å². The number of benzene rings is 1. The molecule has 3 heterocycles. The lowest BCUT2D eigenvalue weighted by Crippen LogP contribution is -2.12. The fraction of sp³-hybridized carbons (Fsp3) is 0.389. The van der Waals surface area contributed by atoms with Crippen molar-refractivity contribution in [1.82, 2.24) is 28.9 Å². The molecule has 0 atom stereocenters. The van der Waals surface area contributed by atoms with E-state index in [1.165, 1.54) is 0 Å². The van der Waals surface area contributed by atoms with Crippen LogP contribution in [0.3, 0.4) is 0 Å². The molecule has 134 valence electrons. The van der Waals surface area contributed by atoms with Crippen molar-refractivity contribution < 1.29 is 0 Å². The number of nitrogens with zero attached hydrogens (tertiary/aromatic N) is 8. The third kappa shape index (κ3) is 2.40. The van der Waals surface area contributed by atoms with E-state index in [9.17, 15) is 0 Å². The molecule has 0 radical (unpaired) electrons. The number of hydrogen-bond donors (Lipinski definition) is 0. The maximum atomic E-state index is 4.73. The highest BCUT2D eigenvalue weighted by atomic mass is 15.4. The van der Waals surface area contributed by atoms with Crippen molar-refractivity contribution in [2.75, 3.05) is 0 Å². The Morgan fingerprint density at radius 3 is 2.42 bits per heavy atom. The lowest BCUT2D eigenvalue weighted by atomic mass is 9.91. The largest absolute Gasteiger partial charge is 0.310 e. The Balaban J connectivity index is 1.90. The van der Waals surface area contributed by atoms with E-state index in [0.29, 0.717) is 5.95 Å². The van der Waals surface area contributed by atoms with Crippen LogP contribution >= 0.6 is 0 Å². The van der Waals surface area contributed by atoms with E-state index in [1.807, 2.05) is 54.4 Å². The summed E-state index contributed by atoms with van der Waals surface area (Å²) in [4.78, 5) is 4.56. The number of para-hydroxylation sites is 2. The van der Waals surface area contributed by atoms with Gasteiger partial charge in [-0.3, -0.25) is 0 Å². The molecule has 3 aromatic heterocycles. The second kappa shape index (κ2) is 5.48. The standard InChI is InChI=1S/C18H22N8/c1-11-22-25(6)16-14(15(18(2,3)4)23-26(11)16)20-21-17-19-12-9-7-8-10-13(12)24(17)5/h7-10H,1-6H3. The summed E-state index contributed by atoms with van der Waals surface area (Å²) in [5, 5.41) is 18.2. The molecule has 8 nitrogen and oxygen atoms in total. The van der Waals surface area contributed by atoms with Gasteiger partial charge in [-0.15, -0.1) is 10.2 Å². The van der Waals surface area contributed by atoms with Crippen LogP contribution in [0.1, 0.15) is 32.3 Å². The highest BCUT2D eigenvalue weighted by Gasteiger charge is 2.27. The SMILES string of the molecule is Cc1nn(C)c2c(N=Nc3nc4ccccc4n3C)c(C(C)(C)C)nn12. The quantitative estimate of drug-likeness (QED) is 0.513. The number of fused-ring (bicyclic) bond motifs is 2. The Kier molecular flexibility index (Phi) is 3.47. The maximum absolute atomic E-state index is 4.73. The highest BCUT2D eigenvalue weighted by Crippen LogP contribution is 2.35. The Morgan fingerprint density at radius 2 is 1.73 bits per heavy atom. The van der Waals surface area contributed by atoms with Crippen LogP contribution in [-0.2, 0) is 19.5 Å². The minimum absolute atomic E-state index is 0.167. The van der Waals surface area contributed by atoms with Gasteiger partial charge < -0.3 is 4.57 Å². The normalized spacial score (nSPS) is 12.8. The van der Waals surface area contributed by atoms with Gasteiger partial charge in [-0.2, -0.15) is 14.7 Å². The summed E-state index contributed by atoms with van der Waals surface area (Å²) in [6, 6.07) is 7.94. The van der Waals surface area contributed by atoms with Crippen molar-refractivity contribution in [3.63, 3.8) is 0 Å². The second-order valence-electron chi connectivity index (χ2n) is 7.51. The average Bonchev–Trinajstić information content (AvgIpc) is 3.19. The Morgan fingerprint density at radius 1 is 1.00 bits per heavy atom. The van der Waals surface area contributed by atoms with E-state index in [4.69, 9.17) is 5.10 Å². The molecule has 0 N–H and O–H groups in total. The number of imidazole rings is 1. The zero-order chi connectivity index (χ0) is 18.6. The van der Waals surface area contributed by atoms with Crippen LogP contribution in [0.25, 0.3) is 16.7 Å². The molecular formula is C18H22N8. The van der Waals surface area contributed by atoms with Gasteiger partial charge in [-0.05, 0) is 19.1 Å². The van der Waals surface area contributed by atoms with Crippen molar-refractivity contribution in [2.24, 2.45) is 24.3 Å². The molecule has 8 heteroatoms. The molecule has 1 aromatic carbocycles. The zero-order valence-corrected chi connectivity index (χ0v) is 15.9. The summed E-state index contributed by atoms with van der Waals surface area (Å²) >= 11 is 0. The van der Waals surface area contributed by atoms with Crippen molar-refractivity contribution in [3.8, 4) is 0 Å². The molecule has 0 saturated heterocycles. The fourth-order valence-corrected chi connectivity index (χ4v) is 3.14. The van der Waals surface area contributed by atoms with Gasteiger partial charge in [0.25, 0.3) is 0 Å². The molecule has 0 aliphatic heterocycles. The first kappa shape index (κ1) is 16.4. The van der Waals surface area contributed by atoms with Crippen molar-refractivity contribution in [1.29, 1.82) is 0 Å². The van der Waals surface area contributed by atoms with E-state index in [2.05, 4.69) is 41.1 Å². The number of aromatic nitrogens is 6. The molecule has 0 amide bonds. The number of aryl methyl sites for hydroxylation is 3. The summed E-state index contributed by atoms with van der Waals surface area (Å²) in [5.41, 5.74) is 4.20. The van der Waals surface area contributed by atoms with Gasteiger partial charge in [0.1, 0.15) is 5.82 Å². The molecule has 26 heavy (non-hydrogen) atoms. The first-order valence-electron chi connectivity index (χ1n) is 8.53. The molecule has 0 bridgehead atoms. The van der Waals surface area contributed by atoms with Gasteiger partial charge in [0, 0.05) is 19.5 Å². The van der Waals surface area contributed by atoms with Gasteiger partial charge >= 0.3 is 0 Å². The van der Waals surface area contributed by atoms with Crippen LogP contribution in [0.15, 0.2) is 34.5 Å². The maximum Gasteiger partial charge on any atom is 0.250 e. The molecule has 0 saturated carbocycles. The van der Waals surface area contributed by atoms with Gasteiger partial charge in [0.2, 0.25) is 5.95 Å². The van der Waals surface area contributed by atoms with Crippen LogP contribution in [0.5, 0.6) is 0 Å². The number of hydrogen-bond acceptors (Lipinski definition) is 5. The van der Waals surface area contributed by atoms with Crippen molar-refractivity contribution >= 4 is 28.3 Å². The summed E-state index contributed by atoms with van der Waals surface area (Å²) in [6.07, 6.45) is 0. The third-order valence-electron chi connectivity index (χ3n) is 4.46. The van der Waals surface area contributed by atoms with E-state index in [1.54, 1.807) is 4.68 Å². The van der Waals surface area contributed by atoms with Crippen molar-refractivity contribution in [2.45, 2.75) is 33.1 Å². The fourth-order valence-electron chi connectivity index (χ4n) is 3.14. The van der Waals surface area contributed by atoms with E-state index >= 15 is 0 Å². The molecule has 0 spiro atoms. The Labute approximate surface area is 151 Å². The number of azo groups is 1. The minimum Gasteiger partial charge on any atom is -0.310 e. The summed E-state index contributed by atoms with van der Waals surface area (Å²) in [6.45, 7) is 8.28. The summed E-state index contributed by atoms with van der Waals surface area (Å²) < 4.78 is 5.55. The van der Waals surface area contributed by atoms with Crippen molar-refractivity contribution in [3.05, 3.63) is 35.8 Å². The smallest absolute Gasteiger partial charge is 0.250 e. The molecule has 0 unspecified atom stereocenters. The first-order valence-corrected chi connectivity index (χ1v) is 8.53. The molecule has 4 rings (SSSR count). The zero-order valence-electron chi connectivity index (χ0n) is 15.9. The molecule has 0 aliphatic rings. The monoisotopic (exact) mass is 350 g/mol. The van der Waals surface area contributed by atoms with Crippen LogP contribution in [-0.4, -0.2) is 28.9 Å². The second-order valence-corrected chi connectivity index (χ2v) is 7.51. The summed E-state index contributed by atoms with van der Waals surface area (Å²) in [5.74, 6) is 1.38. The Hall–Kier alpha value is -3.03. The Bertz CT molecular complexity index is 1150. The van der Waals surface area contributed by atoms with E-state index in [0.717, 1.165) is 33.9 Å². The number of rotatable bonds is 2. The predicted molar refractivity (Wildman–Crippen MR) is 100 cm³/mol. The summed E-state index contributed by atoms with van der Waals surface area (Å²) in [7, 11) is 3.83. The van der Waals surface area contributed by atoms with Crippen LogP contribution in [0.2, 0.25) is 0 Å². The molecular weight excluding hydrogens is 328 g/mol. The molecule has 0 aliphatic carbocycles. The van der Waals surface area contributed by atoms with Gasteiger partial charge in [-0.1, -0.05) is 32.9 Å². The van der Waals surface area contributed by atoms with Crippen LogP contribution in [0, 0.1) is 6.92 Å². The predicted octanol–water partition coefficient (Wildman–Crippen LogP) is 3.98. The minimum atomic E-state index is -0.167. The topological polar surface area (TPSA) is 77.7 Å². The highest BCUT2D eigenvalue weighted by molar-refractivity contribution is 5.78. The lowest BCUT2D eigenvalue weighted by Gasteiger charge is -2.15. The van der Waals surface area contributed by atoms with Gasteiger partial charge in [0.05, 0.1) is 16.7 Å². The van der Waals surface area contributed by atoms with Gasteiger partial charge in [-0.25, -0.2) is 9.67 Å². The first-order chi connectivity index (χ1) is 12.3.